The number of nitrogens with one attached hydrogen (secondary N) is 1. The lowest BCUT2D eigenvalue weighted by atomic mass is 10.2. The lowest BCUT2D eigenvalue weighted by Gasteiger charge is -1.99. The summed E-state index contributed by atoms with van der Waals surface area (Å²) in [5, 5.41) is 5.26. The van der Waals surface area contributed by atoms with Gasteiger partial charge in [0.05, 0.1) is 27.0 Å². The molecule has 8 heteroatoms. The molecule has 0 aliphatic carbocycles. The molecule has 1 N–H and O–H groups in total. The second-order valence-corrected chi connectivity index (χ2v) is 8.33. The maximum Gasteiger partial charge on any atom is 0.232 e. The number of anilines is 1. The van der Waals surface area contributed by atoms with Crippen LogP contribution >= 0.6 is 34.3 Å². The summed E-state index contributed by atoms with van der Waals surface area (Å²) < 4.78 is 6.41. The van der Waals surface area contributed by atoms with Crippen molar-refractivity contribution in [3.05, 3.63) is 63.6 Å². The number of benzene rings is 1. The summed E-state index contributed by atoms with van der Waals surface area (Å²) in [4.78, 5) is 22.3. The molecule has 1 amide bonds. The number of halogens is 1. The zero-order chi connectivity index (χ0) is 18.8. The van der Waals surface area contributed by atoms with E-state index in [0.29, 0.717) is 26.8 Å². The first kappa shape index (κ1) is 17.9. The highest BCUT2D eigenvalue weighted by atomic mass is 35.5. The summed E-state index contributed by atoms with van der Waals surface area (Å²) in [6, 6.07) is 13.4. The molecule has 0 aliphatic rings. The van der Waals surface area contributed by atoms with Crippen LogP contribution in [0.1, 0.15) is 11.5 Å². The van der Waals surface area contributed by atoms with Gasteiger partial charge >= 0.3 is 0 Å². The Kier molecular flexibility index (Phi) is 5.07. The predicted octanol–water partition coefficient (Wildman–Crippen LogP) is 5.67. The van der Waals surface area contributed by atoms with Gasteiger partial charge in [-0.25, -0.2) is 9.97 Å². The Hall–Kier alpha value is -2.48. The molecule has 0 aliphatic heterocycles. The average molecular weight is 416 g/mol. The minimum absolute atomic E-state index is 0.127. The normalized spacial score (nSPS) is 10.9. The molecular weight excluding hydrogens is 402 g/mol. The first-order valence-corrected chi connectivity index (χ1v) is 10.2. The van der Waals surface area contributed by atoms with Crippen molar-refractivity contribution in [2.45, 2.75) is 13.3 Å². The third-order valence-electron chi connectivity index (χ3n) is 3.82. The number of carbonyl (C=O) groups is 1. The number of thiophene rings is 1. The van der Waals surface area contributed by atoms with Gasteiger partial charge in [0.25, 0.3) is 0 Å². The van der Waals surface area contributed by atoms with Gasteiger partial charge in [0.2, 0.25) is 11.8 Å². The number of hydrogen-bond donors (Lipinski definition) is 1. The fraction of sp³-hybridized carbons (Fsp3) is 0.105. The van der Waals surface area contributed by atoms with E-state index in [0.717, 1.165) is 16.1 Å². The van der Waals surface area contributed by atoms with Crippen LogP contribution in [-0.4, -0.2) is 15.9 Å². The van der Waals surface area contributed by atoms with Crippen molar-refractivity contribution in [2.75, 3.05) is 5.32 Å². The summed E-state index contributed by atoms with van der Waals surface area (Å²) in [5.41, 5.74) is 2.30. The number of aryl methyl sites for hydroxylation is 1. The van der Waals surface area contributed by atoms with E-state index in [9.17, 15) is 4.79 Å². The summed E-state index contributed by atoms with van der Waals surface area (Å²) in [6.07, 6.45) is 0.127. The molecule has 0 radical (unpaired) electrons. The quantitative estimate of drug-likeness (QED) is 0.456. The van der Waals surface area contributed by atoms with Gasteiger partial charge in [0.1, 0.15) is 5.76 Å². The smallest absolute Gasteiger partial charge is 0.232 e. The largest absolute Gasteiger partial charge is 0.441 e. The van der Waals surface area contributed by atoms with Crippen molar-refractivity contribution in [2.24, 2.45) is 0 Å². The fourth-order valence-electron chi connectivity index (χ4n) is 2.51. The van der Waals surface area contributed by atoms with Crippen LogP contribution < -0.4 is 5.32 Å². The molecule has 0 saturated carbocycles. The Labute approximate surface area is 168 Å². The zero-order valence-corrected chi connectivity index (χ0v) is 16.6. The van der Waals surface area contributed by atoms with Crippen molar-refractivity contribution in [3.63, 3.8) is 0 Å². The lowest BCUT2D eigenvalue weighted by Crippen LogP contribution is -2.15. The molecule has 0 fully saturated rings. The van der Waals surface area contributed by atoms with Crippen molar-refractivity contribution in [1.82, 2.24) is 9.97 Å². The standard InChI is InChI=1S/C19H14ClN3O2S2/c1-11-13(21-18(25-11)12-5-3-2-4-6-12)9-17(24)23-19-22-14(10-26-19)15-7-8-16(20)27-15/h2-8,10H,9H2,1H3,(H,22,23,24). The second kappa shape index (κ2) is 7.64. The van der Waals surface area contributed by atoms with Crippen LogP contribution in [0.2, 0.25) is 4.34 Å². The van der Waals surface area contributed by atoms with Gasteiger partial charge < -0.3 is 9.73 Å². The predicted molar refractivity (Wildman–Crippen MR) is 109 cm³/mol. The highest BCUT2D eigenvalue weighted by molar-refractivity contribution is 7.20. The van der Waals surface area contributed by atoms with Crippen LogP contribution in [0.4, 0.5) is 5.13 Å². The molecular formula is C19H14ClN3O2S2. The van der Waals surface area contributed by atoms with E-state index in [4.69, 9.17) is 16.0 Å². The van der Waals surface area contributed by atoms with Gasteiger partial charge in [0.15, 0.2) is 5.13 Å². The van der Waals surface area contributed by atoms with Crippen molar-refractivity contribution < 1.29 is 9.21 Å². The number of hydrogen-bond acceptors (Lipinski definition) is 6. The monoisotopic (exact) mass is 415 g/mol. The van der Waals surface area contributed by atoms with E-state index >= 15 is 0 Å². The van der Waals surface area contributed by atoms with Crippen LogP contribution in [0.25, 0.3) is 22.0 Å². The Balaban J connectivity index is 1.44. The average Bonchev–Trinajstić information content (AvgIpc) is 3.37. The summed E-state index contributed by atoms with van der Waals surface area (Å²) >= 11 is 8.79. The molecule has 4 rings (SSSR count). The molecule has 0 unspecified atom stereocenters. The molecule has 0 bridgehead atoms. The molecule has 3 aromatic heterocycles. The maximum absolute atomic E-state index is 12.4. The number of rotatable bonds is 5. The molecule has 5 nitrogen and oxygen atoms in total. The number of amides is 1. The summed E-state index contributed by atoms with van der Waals surface area (Å²) in [5.74, 6) is 0.968. The van der Waals surface area contributed by atoms with E-state index < -0.39 is 0 Å². The number of carbonyl (C=O) groups excluding carboxylic acids is 1. The molecule has 136 valence electrons. The van der Waals surface area contributed by atoms with Crippen molar-refractivity contribution in [3.8, 4) is 22.0 Å². The van der Waals surface area contributed by atoms with Gasteiger partial charge in [-0.1, -0.05) is 29.8 Å². The number of thiazole rings is 1. The third kappa shape index (κ3) is 4.10. The van der Waals surface area contributed by atoms with Gasteiger partial charge in [-0.15, -0.1) is 22.7 Å². The van der Waals surface area contributed by atoms with E-state index in [1.807, 2.05) is 54.8 Å². The Bertz CT molecular complexity index is 1090. The Morgan fingerprint density at radius 3 is 2.74 bits per heavy atom. The summed E-state index contributed by atoms with van der Waals surface area (Å²) in [7, 11) is 0. The van der Waals surface area contributed by atoms with Crippen molar-refractivity contribution in [1.29, 1.82) is 0 Å². The van der Waals surface area contributed by atoms with Gasteiger partial charge in [0, 0.05) is 10.9 Å². The Morgan fingerprint density at radius 1 is 1.19 bits per heavy atom. The van der Waals surface area contributed by atoms with Crippen LogP contribution in [0.15, 0.2) is 52.3 Å². The molecule has 3 heterocycles. The van der Waals surface area contributed by atoms with Crippen molar-refractivity contribution >= 4 is 45.3 Å². The highest BCUT2D eigenvalue weighted by Crippen LogP contribution is 2.33. The first-order chi connectivity index (χ1) is 13.1. The van der Waals surface area contributed by atoms with Gasteiger partial charge in [-0.05, 0) is 31.2 Å². The van der Waals surface area contributed by atoms with E-state index in [-0.39, 0.29) is 12.3 Å². The molecule has 27 heavy (non-hydrogen) atoms. The number of nitrogens with zero attached hydrogens (tertiary/aromatic N) is 2. The minimum atomic E-state index is -0.184. The maximum atomic E-state index is 12.4. The van der Waals surface area contributed by atoms with Crippen LogP contribution in [0.5, 0.6) is 0 Å². The van der Waals surface area contributed by atoms with Gasteiger partial charge in [-0.2, -0.15) is 0 Å². The van der Waals surface area contributed by atoms with E-state index in [2.05, 4.69) is 15.3 Å². The molecule has 0 saturated heterocycles. The van der Waals surface area contributed by atoms with Crippen LogP contribution in [0.3, 0.4) is 0 Å². The summed E-state index contributed by atoms with van der Waals surface area (Å²) in [6.45, 7) is 1.81. The minimum Gasteiger partial charge on any atom is -0.441 e. The van der Waals surface area contributed by atoms with Crippen LogP contribution in [-0.2, 0) is 11.2 Å². The SMILES string of the molecule is Cc1oc(-c2ccccc2)nc1CC(=O)Nc1nc(-c2ccc(Cl)s2)cs1. The third-order valence-corrected chi connectivity index (χ3v) is 5.83. The topological polar surface area (TPSA) is 68.0 Å². The highest BCUT2D eigenvalue weighted by Gasteiger charge is 2.16. The van der Waals surface area contributed by atoms with Crippen LogP contribution in [0, 0.1) is 6.92 Å². The second-order valence-electron chi connectivity index (χ2n) is 5.75. The number of oxazole rings is 1. The van der Waals surface area contributed by atoms with E-state index in [1.165, 1.54) is 22.7 Å². The number of aromatic nitrogens is 2. The molecule has 1 aromatic carbocycles. The molecule has 0 spiro atoms. The lowest BCUT2D eigenvalue weighted by molar-refractivity contribution is -0.115. The molecule has 0 atom stereocenters. The zero-order valence-electron chi connectivity index (χ0n) is 14.2. The van der Waals surface area contributed by atoms with E-state index in [1.54, 1.807) is 0 Å². The fourth-order valence-corrected chi connectivity index (χ4v) is 4.31. The first-order valence-electron chi connectivity index (χ1n) is 8.11. The Morgan fingerprint density at radius 2 is 2.00 bits per heavy atom. The van der Waals surface area contributed by atoms with Gasteiger partial charge in [-0.3, -0.25) is 4.79 Å². The molecule has 4 aromatic rings.